The first-order valence-corrected chi connectivity index (χ1v) is 6.18. The zero-order valence-electron chi connectivity index (χ0n) is 11.6. The van der Waals surface area contributed by atoms with Crippen molar-refractivity contribution in [1.82, 2.24) is 9.78 Å². The molecular formula is C13H20N2O3. The molecule has 0 aliphatic carbocycles. The lowest BCUT2D eigenvalue weighted by atomic mass is 10.0. The lowest BCUT2D eigenvalue weighted by Crippen LogP contribution is -2.27. The van der Waals surface area contributed by atoms with E-state index >= 15 is 0 Å². The van der Waals surface area contributed by atoms with Gasteiger partial charge in [0, 0.05) is 17.8 Å². The van der Waals surface area contributed by atoms with E-state index in [0.717, 1.165) is 0 Å². The van der Waals surface area contributed by atoms with E-state index in [1.807, 2.05) is 27.7 Å². The zero-order chi connectivity index (χ0) is 13.9. The number of aromatic nitrogens is 2. The largest absolute Gasteiger partial charge is 0.461 e. The quantitative estimate of drug-likeness (QED) is 0.770. The molecule has 0 saturated carbocycles. The third-order valence-corrected chi connectivity index (χ3v) is 2.58. The lowest BCUT2D eigenvalue weighted by molar-refractivity contribution is 0.0514. The molecule has 0 N–H and O–H groups in total. The Morgan fingerprint density at radius 3 is 2.44 bits per heavy atom. The maximum absolute atomic E-state index is 12.1. The summed E-state index contributed by atoms with van der Waals surface area (Å²) in [5.41, 5.74) is 0.124. The fourth-order valence-corrected chi connectivity index (χ4v) is 1.54. The van der Waals surface area contributed by atoms with Crippen LogP contribution in [0.3, 0.4) is 0 Å². The molecule has 5 nitrogen and oxygen atoms in total. The monoisotopic (exact) mass is 252 g/mol. The Kier molecular flexibility index (Phi) is 4.64. The van der Waals surface area contributed by atoms with E-state index in [1.165, 1.54) is 0 Å². The van der Waals surface area contributed by atoms with Gasteiger partial charge in [0.25, 0.3) is 0 Å². The summed E-state index contributed by atoms with van der Waals surface area (Å²) in [6, 6.07) is 0.0799. The summed E-state index contributed by atoms with van der Waals surface area (Å²) in [5, 5.41) is 4.06. The maximum atomic E-state index is 12.1. The molecule has 100 valence electrons. The molecule has 0 aromatic carbocycles. The van der Waals surface area contributed by atoms with E-state index in [9.17, 15) is 9.59 Å². The molecule has 0 amide bonds. The summed E-state index contributed by atoms with van der Waals surface area (Å²) in [4.78, 5) is 23.8. The van der Waals surface area contributed by atoms with Crippen LogP contribution in [0, 0.1) is 0 Å². The average Bonchev–Trinajstić information content (AvgIpc) is 2.28. The Bertz CT molecular complexity index is 489. The zero-order valence-corrected chi connectivity index (χ0v) is 11.6. The molecule has 5 heteroatoms. The Morgan fingerprint density at radius 2 is 2.00 bits per heavy atom. The van der Waals surface area contributed by atoms with Crippen LogP contribution in [0.1, 0.15) is 62.6 Å². The minimum Gasteiger partial charge on any atom is -0.461 e. The van der Waals surface area contributed by atoms with Gasteiger partial charge >= 0.3 is 5.97 Å². The first kappa shape index (κ1) is 14.4. The number of ether oxygens (including phenoxy) is 1. The van der Waals surface area contributed by atoms with Crippen LogP contribution in [0.2, 0.25) is 0 Å². The van der Waals surface area contributed by atoms with E-state index < -0.39 is 5.97 Å². The van der Waals surface area contributed by atoms with E-state index in [4.69, 9.17) is 4.74 Å². The minimum absolute atomic E-state index is 0.0404. The van der Waals surface area contributed by atoms with Gasteiger partial charge in [0.2, 0.25) is 11.1 Å². The van der Waals surface area contributed by atoms with Gasteiger partial charge in [0.15, 0.2) is 0 Å². The van der Waals surface area contributed by atoms with Crippen LogP contribution in [0.15, 0.2) is 11.0 Å². The van der Waals surface area contributed by atoms with Crippen LogP contribution < -0.4 is 5.43 Å². The molecule has 1 aromatic heterocycles. The molecule has 0 unspecified atom stereocenters. The van der Waals surface area contributed by atoms with Crippen LogP contribution in [0.5, 0.6) is 0 Å². The van der Waals surface area contributed by atoms with Crippen LogP contribution >= 0.6 is 0 Å². The predicted molar refractivity (Wildman–Crippen MR) is 68.9 cm³/mol. The van der Waals surface area contributed by atoms with Crippen molar-refractivity contribution < 1.29 is 9.53 Å². The highest BCUT2D eigenvalue weighted by molar-refractivity contribution is 5.87. The molecule has 0 saturated heterocycles. The smallest absolute Gasteiger partial charge is 0.362 e. The number of rotatable bonds is 4. The van der Waals surface area contributed by atoms with Crippen molar-refractivity contribution in [2.75, 3.05) is 6.61 Å². The van der Waals surface area contributed by atoms with Gasteiger partial charge < -0.3 is 4.74 Å². The van der Waals surface area contributed by atoms with Crippen molar-refractivity contribution in [3.05, 3.63) is 27.7 Å². The number of carbonyl (C=O) groups excluding carboxylic acids is 1. The topological polar surface area (TPSA) is 61.2 Å². The summed E-state index contributed by atoms with van der Waals surface area (Å²) >= 11 is 0. The standard InChI is InChI=1S/C13H20N2O3/c1-6-18-13(17)11-12(16)10(8(2)3)7-15(14-11)9(4)5/h7-9H,6H2,1-5H3. The van der Waals surface area contributed by atoms with Crippen molar-refractivity contribution >= 4 is 5.97 Å². The maximum Gasteiger partial charge on any atom is 0.362 e. The van der Waals surface area contributed by atoms with Crippen LogP contribution in [0.25, 0.3) is 0 Å². The van der Waals surface area contributed by atoms with Gasteiger partial charge in [-0.25, -0.2) is 4.79 Å². The molecule has 1 aromatic rings. The Balaban J connectivity index is 3.41. The van der Waals surface area contributed by atoms with Gasteiger partial charge in [-0.05, 0) is 26.7 Å². The number of esters is 1. The average molecular weight is 252 g/mol. The number of nitrogens with zero attached hydrogens (tertiary/aromatic N) is 2. The summed E-state index contributed by atoms with van der Waals surface area (Å²) in [6.45, 7) is 9.64. The van der Waals surface area contributed by atoms with E-state index in [1.54, 1.807) is 17.8 Å². The molecule has 0 aliphatic heterocycles. The molecule has 0 radical (unpaired) electrons. The van der Waals surface area contributed by atoms with Gasteiger partial charge in [-0.15, -0.1) is 0 Å². The summed E-state index contributed by atoms with van der Waals surface area (Å²) in [6.07, 6.45) is 1.71. The molecular weight excluding hydrogens is 232 g/mol. The third kappa shape index (κ3) is 2.97. The van der Waals surface area contributed by atoms with E-state index in [-0.39, 0.29) is 29.7 Å². The normalized spacial score (nSPS) is 11.1. The van der Waals surface area contributed by atoms with Crippen molar-refractivity contribution in [3.8, 4) is 0 Å². The number of hydrogen-bond donors (Lipinski definition) is 0. The van der Waals surface area contributed by atoms with Crippen molar-refractivity contribution in [3.63, 3.8) is 0 Å². The summed E-state index contributed by atoms with van der Waals surface area (Å²) in [5.74, 6) is -0.613. The van der Waals surface area contributed by atoms with Gasteiger partial charge in [-0.1, -0.05) is 13.8 Å². The highest BCUT2D eigenvalue weighted by Crippen LogP contribution is 2.12. The Morgan fingerprint density at radius 1 is 1.39 bits per heavy atom. The number of carbonyl (C=O) groups is 1. The SMILES string of the molecule is CCOC(=O)c1nn(C(C)C)cc(C(C)C)c1=O. The Labute approximate surface area is 107 Å². The first-order valence-electron chi connectivity index (χ1n) is 6.18. The van der Waals surface area contributed by atoms with Crippen LogP contribution in [0.4, 0.5) is 0 Å². The van der Waals surface area contributed by atoms with Crippen LogP contribution in [-0.2, 0) is 4.74 Å². The highest BCUT2D eigenvalue weighted by atomic mass is 16.5. The number of hydrogen-bond acceptors (Lipinski definition) is 4. The summed E-state index contributed by atoms with van der Waals surface area (Å²) < 4.78 is 6.49. The molecule has 0 bridgehead atoms. The molecule has 0 atom stereocenters. The Hall–Kier alpha value is -1.65. The summed E-state index contributed by atoms with van der Waals surface area (Å²) in [7, 11) is 0. The molecule has 1 rings (SSSR count). The lowest BCUT2D eigenvalue weighted by Gasteiger charge is -2.14. The second-order valence-electron chi connectivity index (χ2n) is 4.71. The van der Waals surface area contributed by atoms with E-state index in [0.29, 0.717) is 5.56 Å². The van der Waals surface area contributed by atoms with Gasteiger partial charge in [-0.3, -0.25) is 9.48 Å². The second kappa shape index (κ2) is 5.80. The van der Waals surface area contributed by atoms with Crippen molar-refractivity contribution in [2.45, 2.75) is 46.6 Å². The predicted octanol–water partition coefficient (Wildman–Crippen LogP) is 2.12. The molecule has 0 aliphatic rings. The van der Waals surface area contributed by atoms with Gasteiger partial charge in [0.1, 0.15) is 0 Å². The minimum atomic E-state index is -0.653. The van der Waals surface area contributed by atoms with E-state index in [2.05, 4.69) is 5.10 Å². The first-order chi connectivity index (χ1) is 8.38. The van der Waals surface area contributed by atoms with Gasteiger partial charge in [0.05, 0.1) is 6.61 Å². The second-order valence-corrected chi connectivity index (χ2v) is 4.71. The van der Waals surface area contributed by atoms with Crippen molar-refractivity contribution in [2.24, 2.45) is 0 Å². The van der Waals surface area contributed by atoms with Gasteiger partial charge in [-0.2, -0.15) is 5.10 Å². The fraction of sp³-hybridized carbons (Fsp3) is 0.615. The third-order valence-electron chi connectivity index (χ3n) is 2.58. The molecule has 1 heterocycles. The van der Waals surface area contributed by atoms with Crippen LogP contribution in [-0.4, -0.2) is 22.4 Å². The molecule has 0 fully saturated rings. The fourth-order valence-electron chi connectivity index (χ4n) is 1.54. The van der Waals surface area contributed by atoms with Crippen molar-refractivity contribution in [1.29, 1.82) is 0 Å². The molecule has 18 heavy (non-hydrogen) atoms. The highest BCUT2D eigenvalue weighted by Gasteiger charge is 2.20. The molecule has 0 spiro atoms.